The van der Waals surface area contributed by atoms with E-state index in [-0.39, 0.29) is 24.0 Å². The number of hydrogen-bond donors (Lipinski definition) is 2. The van der Waals surface area contributed by atoms with Gasteiger partial charge in [0.15, 0.2) is 0 Å². The van der Waals surface area contributed by atoms with Gasteiger partial charge in [0.1, 0.15) is 17.9 Å². The molecule has 1 aromatic rings. The summed E-state index contributed by atoms with van der Waals surface area (Å²) in [6.07, 6.45) is 1.94. The molecule has 0 bridgehead atoms. The molecule has 0 radical (unpaired) electrons. The number of fused-ring (bicyclic) bond motifs is 1. The summed E-state index contributed by atoms with van der Waals surface area (Å²) in [5, 5.41) is 2.75. The zero-order chi connectivity index (χ0) is 18.3. The molecule has 26 heavy (non-hydrogen) atoms. The minimum Gasteiger partial charge on any atom is -0.489 e. The van der Waals surface area contributed by atoms with E-state index in [1.807, 2.05) is 6.07 Å². The number of benzene rings is 1. The first-order chi connectivity index (χ1) is 12.5. The Kier molecular flexibility index (Phi) is 4.42. The molecule has 3 N–H and O–H groups in total. The van der Waals surface area contributed by atoms with Crippen LogP contribution in [0.15, 0.2) is 30.5 Å². The first kappa shape index (κ1) is 17.1. The number of hydrogen-bond acceptors (Lipinski definition) is 5. The molecule has 3 atom stereocenters. The molecule has 0 aliphatic carbocycles. The molecule has 0 spiro atoms. The van der Waals surface area contributed by atoms with E-state index in [2.05, 4.69) is 11.9 Å². The van der Waals surface area contributed by atoms with Gasteiger partial charge in [0.05, 0.1) is 19.3 Å². The number of carbonyl (C=O) groups is 2. The molecule has 2 amide bonds. The molecule has 7 heteroatoms. The Balaban J connectivity index is 1.49. The van der Waals surface area contributed by atoms with E-state index < -0.39 is 6.04 Å². The molecule has 2 saturated heterocycles. The number of allylic oxidation sites excluding steroid dienone is 1. The van der Waals surface area contributed by atoms with Crippen molar-refractivity contribution in [2.45, 2.75) is 44.0 Å². The molecular weight excluding hydrogens is 334 g/mol. The van der Waals surface area contributed by atoms with Crippen LogP contribution >= 0.6 is 0 Å². The van der Waals surface area contributed by atoms with Gasteiger partial charge in [0.2, 0.25) is 5.91 Å². The molecule has 7 nitrogen and oxygen atoms in total. The lowest BCUT2D eigenvalue weighted by Gasteiger charge is -2.30. The van der Waals surface area contributed by atoms with Gasteiger partial charge in [0, 0.05) is 24.2 Å². The predicted molar refractivity (Wildman–Crippen MR) is 94.4 cm³/mol. The van der Waals surface area contributed by atoms with Crippen LogP contribution < -0.4 is 15.8 Å². The Morgan fingerprint density at radius 1 is 1.31 bits per heavy atom. The predicted octanol–water partition coefficient (Wildman–Crippen LogP) is 0.930. The van der Waals surface area contributed by atoms with Crippen molar-refractivity contribution in [3.8, 4) is 5.75 Å². The molecule has 1 aromatic carbocycles. The second-order valence-electron chi connectivity index (χ2n) is 7.08. The van der Waals surface area contributed by atoms with Crippen LogP contribution in [0.1, 0.15) is 35.2 Å². The average Bonchev–Trinajstić information content (AvgIpc) is 2.93. The van der Waals surface area contributed by atoms with Crippen LogP contribution in [0, 0.1) is 0 Å². The van der Waals surface area contributed by atoms with E-state index >= 15 is 0 Å². The summed E-state index contributed by atoms with van der Waals surface area (Å²) in [6.45, 7) is 5.33. The van der Waals surface area contributed by atoms with Gasteiger partial charge in [-0.05, 0) is 36.6 Å². The average molecular weight is 357 g/mol. The van der Waals surface area contributed by atoms with Crippen molar-refractivity contribution in [3.05, 3.63) is 41.6 Å². The van der Waals surface area contributed by atoms with Gasteiger partial charge < -0.3 is 25.4 Å². The SMILES string of the molecule is C=C1CCC(N2Cc3cc(O[C@@H]4CCOC[C@H]4N)ccc3C2=O)C(=O)N1. The van der Waals surface area contributed by atoms with Crippen LogP contribution in [0.5, 0.6) is 5.75 Å². The molecule has 3 aliphatic rings. The van der Waals surface area contributed by atoms with Crippen molar-refractivity contribution in [2.75, 3.05) is 13.2 Å². The molecule has 4 rings (SSSR count). The summed E-state index contributed by atoms with van der Waals surface area (Å²) < 4.78 is 11.4. The third-order valence-electron chi connectivity index (χ3n) is 5.23. The minimum atomic E-state index is -0.450. The van der Waals surface area contributed by atoms with Crippen molar-refractivity contribution < 1.29 is 19.1 Å². The second kappa shape index (κ2) is 6.74. The summed E-state index contributed by atoms with van der Waals surface area (Å²) in [5.41, 5.74) is 8.26. The molecule has 138 valence electrons. The number of ether oxygens (including phenoxy) is 2. The van der Waals surface area contributed by atoms with Gasteiger partial charge in [-0.3, -0.25) is 9.59 Å². The van der Waals surface area contributed by atoms with Crippen LogP contribution in [-0.2, 0) is 16.1 Å². The third-order valence-corrected chi connectivity index (χ3v) is 5.23. The lowest BCUT2D eigenvalue weighted by Crippen LogP contribution is -2.49. The Hall–Kier alpha value is -2.38. The van der Waals surface area contributed by atoms with Crippen LogP contribution in [0.3, 0.4) is 0 Å². The zero-order valence-corrected chi connectivity index (χ0v) is 14.6. The number of carbonyl (C=O) groups excluding carboxylic acids is 2. The molecule has 3 heterocycles. The highest BCUT2D eigenvalue weighted by Gasteiger charge is 2.38. The summed E-state index contributed by atoms with van der Waals surface area (Å²) in [5.74, 6) is 0.427. The fraction of sp³-hybridized carbons (Fsp3) is 0.474. The van der Waals surface area contributed by atoms with Crippen molar-refractivity contribution in [2.24, 2.45) is 5.73 Å². The van der Waals surface area contributed by atoms with Crippen molar-refractivity contribution in [1.29, 1.82) is 0 Å². The molecule has 0 aromatic heterocycles. The summed E-state index contributed by atoms with van der Waals surface area (Å²) in [4.78, 5) is 26.6. The quantitative estimate of drug-likeness (QED) is 0.839. The van der Waals surface area contributed by atoms with Crippen molar-refractivity contribution in [3.63, 3.8) is 0 Å². The monoisotopic (exact) mass is 357 g/mol. The lowest BCUT2D eigenvalue weighted by atomic mass is 10.0. The Bertz CT molecular complexity index is 763. The van der Waals surface area contributed by atoms with Gasteiger partial charge in [-0.2, -0.15) is 0 Å². The van der Waals surface area contributed by atoms with Crippen LogP contribution in [-0.4, -0.2) is 48.1 Å². The third kappa shape index (κ3) is 3.08. The number of nitrogens with two attached hydrogens (primary N) is 1. The topological polar surface area (TPSA) is 93.9 Å². The highest BCUT2D eigenvalue weighted by atomic mass is 16.5. The smallest absolute Gasteiger partial charge is 0.255 e. The summed E-state index contributed by atoms with van der Waals surface area (Å²) in [7, 11) is 0. The molecule has 3 aliphatic heterocycles. The number of piperidine rings is 1. The van der Waals surface area contributed by atoms with Crippen LogP contribution in [0.25, 0.3) is 0 Å². The molecule has 2 fully saturated rings. The lowest BCUT2D eigenvalue weighted by molar-refractivity contribution is -0.126. The van der Waals surface area contributed by atoms with Gasteiger partial charge in [-0.15, -0.1) is 0 Å². The van der Waals surface area contributed by atoms with Crippen LogP contribution in [0.4, 0.5) is 0 Å². The van der Waals surface area contributed by atoms with Crippen LogP contribution in [0.2, 0.25) is 0 Å². The second-order valence-corrected chi connectivity index (χ2v) is 7.08. The fourth-order valence-corrected chi connectivity index (χ4v) is 3.77. The number of nitrogens with one attached hydrogen (secondary N) is 1. The fourth-order valence-electron chi connectivity index (χ4n) is 3.77. The Morgan fingerprint density at radius 3 is 2.92 bits per heavy atom. The van der Waals surface area contributed by atoms with E-state index in [4.69, 9.17) is 15.2 Å². The maximum atomic E-state index is 12.7. The first-order valence-electron chi connectivity index (χ1n) is 8.95. The maximum Gasteiger partial charge on any atom is 0.255 e. The van der Waals surface area contributed by atoms with E-state index in [0.717, 1.165) is 12.0 Å². The van der Waals surface area contributed by atoms with E-state index in [9.17, 15) is 9.59 Å². The van der Waals surface area contributed by atoms with Gasteiger partial charge in [0.25, 0.3) is 5.91 Å². The van der Waals surface area contributed by atoms with E-state index in [1.165, 1.54) is 0 Å². The van der Waals surface area contributed by atoms with Crippen molar-refractivity contribution >= 4 is 11.8 Å². The standard InChI is InChI=1S/C19H23N3O4/c1-11-2-5-16(18(23)21-11)22-9-12-8-13(3-4-14(12)19(22)24)26-17-6-7-25-10-15(17)20/h3-4,8,15-17H,1-2,5-7,9-10,20H2,(H,21,23)/t15-,16?,17-/m1/s1. The van der Waals surface area contributed by atoms with Gasteiger partial charge >= 0.3 is 0 Å². The summed E-state index contributed by atoms with van der Waals surface area (Å²) >= 11 is 0. The molecule has 1 unspecified atom stereocenters. The van der Waals surface area contributed by atoms with E-state index in [1.54, 1.807) is 17.0 Å². The number of rotatable bonds is 3. The Morgan fingerprint density at radius 2 is 2.15 bits per heavy atom. The first-order valence-corrected chi connectivity index (χ1v) is 8.95. The Labute approximate surface area is 152 Å². The minimum absolute atomic E-state index is 0.0925. The molecule has 0 saturated carbocycles. The zero-order valence-electron chi connectivity index (χ0n) is 14.6. The van der Waals surface area contributed by atoms with Gasteiger partial charge in [-0.1, -0.05) is 6.58 Å². The maximum absolute atomic E-state index is 12.7. The van der Waals surface area contributed by atoms with E-state index in [0.29, 0.717) is 49.6 Å². The number of amides is 2. The number of nitrogens with zero attached hydrogens (tertiary/aromatic N) is 1. The molecular formula is C19H23N3O4. The highest BCUT2D eigenvalue weighted by Crippen LogP contribution is 2.31. The normalized spacial score (nSPS) is 28.7. The largest absolute Gasteiger partial charge is 0.489 e. The van der Waals surface area contributed by atoms with Crippen molar-refractivity contribution in [1.82, 2.24) is 10.2 Å². The highest BCUT2D eigenvalue weighted by molar-refractivity contribution is 6.01. The van der Waals surface area contributed by atoms with Gasteiger partial charge in [-0.25, -0.2) is 0 Å². The summed E-state index contributed by atoms with van der Waals surface area (Å²) in [6, 6.07) is 4.85.